The Kier molecular flexibility index (Phi) is 4.92. The molecule has 1 heterocycles. The SMILES string of the molecule is COc1ccccc1N1CCN(c2ccc([N+](=O)[O-])c(C(=O)[O-])c2)CC1. The first-order valence-corrected chi connectivity index (χ1v) is 8.14. The summed E-state index contributed by atoms with van der Waals surface area (Å²) < 4.78 is 5.40. The minimum Gasteiger partial charge on any atom is -0.545 e. The highest BCUT2D eigenvalue weighted by Gasteiger charge is 2.22. The third kappa shape index (κ3) is 3.39. The van der Waals surface area contributed by atoms with E-state index in [4.69, 9.17) is 4.74 Å². The number of methoxy groups -OCH3 is 1. The number of anilines is 2. The Balaban J connectivity index is 1.77. The fourth-order valence-corrected chi connectivity index (χ4v) is 3.14. The van der Waals surface area contributed by atoms with Gasteiger partial charge in [-0.3, -0.25) is 10.1 Å². The number of carboxylic acids is 1. The van der Waals surface area contributed by atoms with Crippen molar-refractivity contribution in [2.24, 2.45) is 0 Å². The second-order valence-electron chi connectivity index (χ2n) is 5.89. The predicted molar refractivity (Wildman–Crippen MR) is 94.8 cm³/mol. The first-order chi connectivity index (χ1) is 12.5. The summed E-state index contributed by atoms with van der Waals surface area (Å²) in [6.07, 6.45) is 0. The zero-order chi connectivity index (χ0) is 18.7. The Labute approximate surface area is 150 Å². The van der Waals surface area contributed by atoms with Gasteiger partial charge in [0, 0.05) is 37.9 Å². The Morgan fingerprint density at radius 3 is 2.35 bits per heavy atom. The van der Waals surface area contributed by atoms with Crippen molar-refractivity contribution in [2.45, 2.75) is 0 Å². The number of ether oxygens (including phenoxy) is 1. The molecular weight excluding hydrogens is 338 g/mol. The zero-order valence-corrected chi connectivity index (χ0v) is 14.3. The molecule has 136 valence electrons. The van der Waals surface area contributed by atoms with E-state index in [1.165, 1.54) is 12.1 Å². The molecule has 0 amide bonds. The summed E-state index contributed by atoms with van der Waals surface area (Å²) in [5.74, 6) is -0.748. The fourth-order valence-electron chi connectivity index (χ4n) is 3.14. The quantitative estimate of drug-likeness (QED) is 0.588. The first-order valence-electron chi connectivity index (χ1n) is 8.14. The molecule has 1 aliphatic rings. The number of hydrogen-bond acceptors (Lipinski definition) is 7. The van der Waals surface area contributed by atoms with Crippen LogP contribution in [0.1, 0.15) is 10.4 Å². The fraction of sp³-hybridized carbons (Fsp3) is 0.278. The minimum absolute atomic E-state index is 0.403. The Morgan fingerprint density at radius 2 is 1.73 bits per heavy atom. The molecular formula is C18H18N3O5-. The van der Waals surface area contributed by atoms with Gasteiger partial charge in [-0.15, -0.1) is 0 Å². The summed E-state index contributed by atoms with van der Waals surface area (Å²) in [6, 6.07) is 11.9. The molecule has 3 rings (SSSR count). The number of carboxylic acid groups (broad SMARTS) is 1. The summed E-state index contributed by atoms with van der Waals surface area (Å²) >= 11 is 0. The van der Waals surface area contributed by atoms with E-state index in [1.807, 2.05) is 29.2 Å². The lowest BCUT2D eigenvalue weighted by atomic mass is 10.1. The highest BCUT2D eigenvalue weighted by atomic mass is 16.6. The van der Waals surface area contributed by atoms with E-state index < -0.39 is 22.1 Å². The van der Waals surface area contributed by atoms with Gasteiger partial charge < -0.3 is 24.4 Å². The van der Waals surface area contributed by atoms with E-state index >= 15 is 0 Å². The molecule has 0 aromatic heterocycles. The summed E-state index contributed by atoms with van der Waals surface area (Å²) in [4.78, 5) is 25.7. The molecule has 0 bridgehead atoms. The largest absolute Gasteiger partial charge is 0.545 e. The van der Waals surface area contributed by atoms with Crippen LogP contribution in [0.3, 0.4) is 0 Å². The Hall–Kier alpha value is -3.29. The topological polar surface area (TPSA) is 99.0 Å². The average molecular weight is 356 g/mol. The van der Waals surface area contributed by atoms with Gasteiger partial charge in [0.1, 0.15) is 5.75 Å². The summed E-state index contributed by atoms with van der Waals surface area (Å²) in [5, 5.41) is 22.2. The van der Waals surface area contributed by atoms with E-state index in [-0.39, 0.29) is 0 Å². The monoisotopic (exact) mass is 356 g/mol. The van der Waals surface area contributed by atoms with E-state index in [0.717, 1.165) is 24.5 Å². The average Bonchev–Trinajstić information content (AvgIpc) is 2.67. The lowest BCUT2D eigenvalue weighted by Gasteiger charge is -2.38. The van der Waals surface area contributed by atoms with Gasteiger partial charge in [0.05, 0.1) is 29.3 Å². The van der Waals surface area contributed by atoms with Crippen molar-refractivity contribution < 1.29 is 19.6 Å². The number of nitrogens with zero attached hydrogens (tertiary/aromatic N) is 3. The standard InChI is InChI=1S/C18H19N3O5/c1-26-17-5-3-2-4-16(17)20-10-8-19(9-11-20)13-6-7-15(21(24)25)14(12-13)18(22)23/h2-7,12H,8-11H2,1H3,(H,22,23)/p-1. The molecule has 0 N–H and O–H groups in total. The number of nitro benzene ring substituents is 1. The van der Waals surface area contributed by atoms with Crippen molar-refractivity contribution in [3.8, 4) is 5.75 Å². The molecule has 26 heavy (non-hydrogen) atoms. The van der Waals surface area contributed by atoms with Crippen LogP contribution in [-0.2, 0) is 0 Å². The van der Waals surface area contributed by atoms with Crippen LogP contribution < -0.4 is 19.6 Å². The zero-order valence-electron chi connectivity index (χ0n) is 14.3. The molecule has 1 aliphatic heterocycles. The van der Waals surface area contributed by atoms with Gasteiger partial charge in [-0.05, 0) is 24.3 Å². The molecule has 8 heteroatoms. The van der Waals surface area contributed by atoms with Gasteiger partial charge in [0.25, 0.3) is 5.69 Å². The number of benzene rings is 2. The summed E-state index contributed by atoms with van der Waals surface area (Å²) in [7, 11) is 1.63. The van der Waals surface area contributed by atoms with Crippen LogP contribution in [0, 0.1) is 10.1 Å². The molecule has 2 aromatic carbocycles. The van der Waals surface area contributed by atoms with Crippen molar-refractivity contribution in [1.29, 1.82) is 0 Å². The van der Waals surface area contributed by atoms with Crippen molar-refractivity contribution in [3.05, 3.63) is 58.1 Å². The Morgan fingerprint density at radius 1 is 1.08 bits per heavy atom. The van der Waals surface area contributed by atoms with Gasteiger partial charge in [0.2, 0.25) is 0 Å². The van der Waals surface area contributed by atoms with Crippen LogP contribution in [0.2, 0.25) is 0 Å². The van der Waals surface area contributed by atoms with Crippen molar-refractivity contribution in [3.63, 3.8) is 0 Å². The molecule has 8 nitrogen and oxygen atoms in total. The third-order valence-electron chi connectivity index (χ3n) is 4.47. The molecule has 2 aromatic rings. The van der Waals surface area contributed by atoms with Crippen LogP contribution in [0.15, 0.2) is 42.5 Å². The van der Waals surface area contributed by atoms with Crippen LogP contribution in [0.4, 0.5) is 17.1 Å². The number of rotatable bonds is 5. The van der Waals surface area contributed by atoms with Gasteiger partial charge in [-0.1, -0.05) is 12.1 Å². The van der Waals surface area contributed by atoms with Gasteiger partial charge in [-0.2, -0.15) is 0 Å². The maximum atomic E-state index is 11.2. The van der Waals surface area contributed by atoms with E-state index in [2.05, 4.69) is 4.90 Å². The molecule has 0 saturated carbocycles. The van der Waals surface area contributed by atoms with E-state index in [1.54, 1.807) is 13.2 Å². The highest BCUT2D eigenvalue weighted by Crippen LogP contribution is 2.30. The molecule has 1 fully saturated rings. The second-order valence-corrected chi connectivity index (χ2v) is 5.89. The van der Waals surface area contributed by atoms with Crippen molar-refractivity contribution >= 4 is 23.0 Å². The van der Waals surface area contributed by atoms with E-state index in [9.17, 15) is 20.0 Å². The number of nitro groups is 1. The predicted octanol–water partition coefficient (Wildman–Crippen LogP) is 1.29. The maximum Gasteiger partial charge on any atom is 0.278 e. The smallest absolute Gasteiger partial charge is 0.278 e. The maximum absolute atomic E-state index is 11.2. The van der Waals surface area contributed by atoms with Crippen molar-refractivity contribution in [1.82, 2.24) is 0 Å². The lowest BCUT2D eigenvalue weighted by Crippen LogP contribution is -2.46. The summed E-state index contributed by atoms with van der Waals surface area (Å²) in [5.41, 5.74) is 0.782. The number of para-hydroxylation sites is 2. The number of carbonyl (C=O) groups is 1. The number of aromatic carboxylic acids is 1. The molecule has 0 spiro atoms. The molecule has 0 atom stereocenters. The van der Waals surface area contributed by atoms with Gasteiger partial charge >= 0.3 is 0 Å². The number of carbonyl (C=O) groups excluding carboxylic acids is 1. The van der Waals surface area contributed by atoms with Crippen LogP contribution >= 0.6 is 0 Å². The molecule has 1 saturated heterocycles. The second kappa shape index (κ2) is 7.30. The summed E-state index contributed by atoms with van der Waals surface area (Å²) in [6.45, 7) is 2.75. The highest BCUT2D eigenvalue weighted by molar-refractivity contribution is 5.92. The third-order valence-corrected chi connectivity index (χ3v) is 4.47. The lowest BCUT2D eigenvalue weighted by molar-refractivity contribution is -0.385. The number of hydrogen-bond donors (Lipinski definition) is 0. The van der Waals surface area contributed by atoms with Crippen LogP contribution in [-0.4, -0.2) is 44.2 Å². The molecule has 0 radical (unpaired) electrons. The van der Waals surface area contributed by atoms with Crippen LogP contribution in [0.25, 0.3) is 0 Å². The normalized spacial score (nSPS) is 14.2. The Bertz CT molecular complexity index is 831. The van der Waals surface area contributed by atoms with E-state index in [0.29, 0.717) is 18.8 Å². The van der Waals surface area contributed by atoms with Crippen LogP contribution in [0.5, 0.6) is 5.75 Å². The van der Waals surface area contributed by atoms with Gasteiger partial charge in [0.15, 0.2) is 0 Å². The molecule has 0 unspecified atom stereocenters. The minimum atomic E-state index is -1.55. The van der Waals surface area contributed by atoms with Crippen molar-refractivity contribution in [2.75, 3.05) is 43.1 Å². The van der Waals surface area contributed by atoms with Gasteiger partial charge in [-0.25, -0.2) is 0 Å². The first kappa shape index (κ1) is 17.5. The number of piperazine rings is 1. The molecule has 0 aliphatic carbocycles.